The summed E-state index contributed by atoms with van der Waals surface area (Å²) in [5.41, 5.74) is -0.0229. The zero-order valence-electron chi connectivity index (χ0n) is 12.7. The molecule has 0 aliphatic heterocycles. The average molecular weight is 322 g/mol. The fourth-order valence-corrected chi connectivity index (χ4v) is 2.09. The number of halogens is 3. The lowest BCUT2D eigenvalue weighted by Crippen LogP contribution is -1.99. The Labute approximate surface area is 132 Å². The van der Waals surface area contributed by atoms with Gasteiger partial charge >= 0.3 is 0 Å². The highest BCUT2D eigenvalue weighted by atomic mass is 19.2. The molecule has 0 heterocycles. The molecule has 0 aromatic heterocycles. The molecule has 2 aromatic rings. The highest BCUT2D eigenvalue weighted by Crippen LogP contribution is 2.29. The van der Waals surface area contributed by atoms with Crippen molar-refractivity contribution in [2.75, 3.05) is 6.61 Å². The van der Waals surface area contributed by atoms with Gasteiger partial charge in [-0.25, -0.2) is 13.2 Å². The molecule has 0 aliphatic rings. The van der Waals surface area contributed by atoms with Gasteiger partial charge in [0.1, 0.15) is 6.61 Å². The predicted molar refractivity (Wildman–Crippen MR) is 82.6 cm³/mol. The molecule has 0 unspecified atom stereocenters. The summed E-state index contributed by atoms with van der Waals surface area (Å²) < 4.78 is 47.0. The Hall–Kier alpha value is -2.27. The van der Waals surface area contributed by atoms with Crippen LogP contribution in [0.1, 0.15) is 18.9 Å². The molecular formula is C18H17F3O2. The summed E-state index contributed by atoms with van der Waals surface area (Å²) in [6.45, 7) is 1.61. The maximum absolute atomic E-state index is 14.0. The monoisotopic (exact) mass is 322 g/mol. The van der Waals surface area contributed by atoms with E-state index in [9.17, 15) is 13.2 Å². The van der Waals surface area contributed by atoms with Crippen LogP contribution in [0.2, 0.25) is 0 Å². The summed E-state index contributed by atoms with van der Waals surface area (Å²) in [7, 11) is 0. The van der Waals surface area contributed by atoms with Crippen LogP contribution in [-0.2, 0) is 6.61 Å². The molecule has 0 fully saturated rings. The number of hydrogen-bond donors (Lipinski definition) is 1. The summed E-state index contributed by atoms with van der Waals surface area (Å²) >= 11 is 0. The van der Waals surface area contributed by atoms with E-state index >= 15 is 0 Å². The molecule has 0 saturated carbocycles. The second-order valence-electron chi connectivity index (χ2n) is 4.89. The van der Waals surface area contributed by atoms with Crippen molar-refractivity contribution in [1.29, 1.82) is 0 Å². The minimum atomic E-state index is -1.13. The fraction of sp³-hybridized carbons (Fsp3) is 0.222. The molecule has 5 heteroatoms. The van der Waals surface area contributed by atoms with E-state index in [4.69, 9.17) is 9.84 Å². The highest BCUT2D eigenvalue weighted by Gasteiger charge is 2.15. The largest absolute Gasteiger partial charge is 0.486 e. The predicted octanol–water partition coefficient (Wildman–Crippen LogP) is 4.61. The summed E-state index contributed by atoms with van der Waals surface area (Å²) in [5.74, 6) is -2.85. The molecule has 0 bridgehead atoms. The van der Waals surface area contributed by atoms with Gasteiger partial charge in [-0.3, -0.25) is 0 Å². The van der Waals surface area contributed by atoms with Crippen LogP contribution >= 0.6 is 0 Å². The van der Waals surface area contributed by atoms with Gasteiger partial charge in [0.15, 0.2) is 23.2 Å². The van der Waals surface area contributed by atoms with Crippen molar-refractivity contribution in [2.24, 2.45) is 0 Å². The van der Waals surface area contributed by atoms with Crippen LogP contribution in [0.5, 0.6) is 5.75 Å². The lowest BCUT2D eigenvalue weighted by atomic mass is 10.0. The van der Waals surface area contributed by atoms with Crippen LogP contribution < -0.4 is 4.74 Å². The Balaban J connectivity index is 2.27. The first-order valence-electron chi connectivity index (χ1n) is 7.24. The molecule has 0 amide bonds. The molecule has 2 nitrogen and oxygen atoms in total. The molecule has 0 radical (unpaired) electrons. The molecular weight excluding hydrogens is 305 g/mol. The van der Waals surface area contributed by atoms with E-state index in [1.165, 1.54) is 24.3 Å². The van der Waals surface area contributed by atoms with E-state index in [0.717, 1.165) is 12.5 Å². The number of hydrogen-bond acceptors (Lipinski definition) is 2. The second kappa shape index (κ2) is 7.83. The Kier molecular flexibility index (Phi) is 5.82. The van der Waals surface area contributed by atoms with Gasteiger partial charge in [0, 0.05) is 11.1 Å². The molecule has 2 aromatic carbocycles. The Bertz CT molecular complexity index is 712. The lowest BCUT2D eigenvalue weighted by molar-refractivity contribution is 0.273. The third-order valence-corrected chi connectivity index (χ3v) is 3.31. The van der Waals surface area contributed by atoms with E-state index in [0.29, 0.717) is 0 Å². The van der Waals surface area contributed by atoms with E-state index in [1.807, 2.05) is 13.0 Å². The number of aliphatic hydroxyl groups excluding tert-OH is 1. The molecule has 0 saturated heterocycles. The van der Waals surface area contributed by atoms with Crippen LogP contribution in [0.4, 0.5) is 13.2 Å². The topological polar surface area (TPSA) is 29.5 Å². The van der Waals surface area contributed by atoms with E-state index < -0.39 is 24.1 Å². The number of benzene rings is 2. The van der Waals surface area contributed by atoms with Crippen molar-refractivity contribution in [3.63, 3.8) is 0 Å². The Morgan fingerprint density at radius 3 is 2.48 bits per heavy atom. The van der Waals surface area contributed by atoms with E-state index in [2.05, 4.69) is 0 Å². The highest BCUT2D eigenvalue weighted by molar-refractivity contribution is 5.65. The maximum atomic E-state index is 14.0. The average Bonchev–Trinajstić information content (AvgIpc) is 2.55. The minimum absolute atomic E-state index is 0.0439. The van der Waals surface area contributed by atoms with Crippen LogP contribution in [0.3, 0.4) is 0 Å². The van der Waals surface area contributed by atoms with Crippen molar-refractivity contribution in [2.45, 2.75) is 20.0 Å². The molecule has 122 valence electrons. The van der Waals surface area contributed by atoms with Crippen molar-refractivity contribution in [1.82, 2.24) is 0 Å². The Morgan fingerprint density at radius 2 is 1.83 bits per heavy atom. The zero-order valence-corrected chi connectivity index (χ0v) is 12.7. The van der Waals surface area contributed by atoms with E-state index in [1.54, 1.807) is 6.08 Å². The normalized spacial score (nSPS) is 11.2. The third-order valence-electron chi connectivity index (χ3n) is 3.31. The first kappa shape index (κ1) is 17.1. The molecule has 0 aliphatic carbocycles. The SMILES string of the molecule is CCC=CCOc1ccc(-c2ccc(CO)c(F)c2F)cc1F. The number of allylic oxidation sites excluding steroid dienone is 1. The standard InChI is InChI=1S/C18H17F3O2/c1-2-3-4-9-23-16-8-6-12(10-15(16)19)14-7-5-13(11-22)17(20)18(14)21/h3-8,10,22H,2,9,11H2,1H3. The molecule has 0 atom stereocenters. The molecule has 2 rings (SSSR count). The van der Waals surface area contributed by atoms with Gasteiger partial charge < -0.3 is 9.84 Å². The first-order chi connectivity index (χ1) is 11.1. The third kappa shape index (κ3) is 3.93. The van der Waals surface area contributed by atoms with Gasteiger partial charge in [0.2, 0.25) is 0 Å². The fourth-order valence-electron chi connectivity index (χ4n) is 2.09. The number of ether oxygens (including phenoxy) is 1. The van der Waals surface area contributed by atoms with Crippen LogP contribution in [0, 0.1) is 17.5 Å². The smallest absolute Gasteiger partial charge is 0.167 e. The van der Waals surface area contributed by atoms with Crippen molar-refractivity contribution >= 4 is 0 Å². The summed E-state index contributed by atoms with van der Waals surface area (Å²) in [6.07, 6.45) is 4.53. The summed E-state index contributed by atoms with van der Waals surface area (Å²) in [6, 6.07) is 6.50. The van der Waals surface area contributed by atoms with Gasteiger partial charge in [-0.05, 0) is 24.1 Å². The lowest BCUT2D eigenvalue weighted by Gasteiger charge is -2.10. The zero-order chi connectivity index (χ0) is 16.8. The second-order valence-corrected chi connectivity index (χ2v) is 4.89. The molecule has 1 N–H and O–H groups in total. The quantitative estimate of drug-likeness (QED) is 0.787. The van der Waals surface area contributed by atoms with Crippen molar-refractivity contribution in [3.8, 4) is 16.9 Å². The van der Waals surface area contributed by atoms with Crippen molar-refractivity contribution in [3.05, 3.63) is 65.5 Å². The maximum Gasteiger partial charge on any atom is 0.167 e. The summed E-state index contributed by atoms with van der Waals surface area (Å²) in [5, 5.41) is 8.92. The van der Waals surface area contributed by atoms with Gasteiger partial charge in [-0.15, -0.1) is 0 Å². The van der Waals surface area contributed by atoms with Gasteiger partial charge in [-0.1, -0.05) is 37.3 Å². The number of rotatable bonds is 6. The Morgan fingerprint density at radius 1 is 1.04 bits per heavy atom. The van der Waals surface area contributed by atoms with Gasteiger partial charge in [-0.2, -0.15) is 0 Å². The minimum Gasteiger partial charge on any atom is -0.486 e. The van der Waals surface area contributed by atoms with Crippen LogP contribution in [-0.4, -0.2) is 11.7 Å². The number of aliphatic hydroxyl groups is 1. The van der Waals surface area contributed by atoms with Gasteiger partial charge in [0.25, 0.3) is 0 Å². The van der Waals surface area contributed by atoms with Gasteiger partial charge in [0.05, 0.1) is 6.61 Å². The van der Waals surface area contributed by atoms with E-state index in [-0.39, 0.29) is 29.0 Å². The van der Waals surface area contributed by atoms with Crippen LogP contribution in [0.25, 0.3) is 11.1 Å². The van der Waals surface area contributed by atoms with Crippen LogP contribution in [0.15, 0.2) is 42.5 Å². The summed E-state index contributed by atoms with van der Waals surface area (Å²) in [4.78, 5) is 0. The molecule has 23 heavy (non-hydrogen) atoms. The molecule has 0 spiro atoms. The van der Waals surface area contributed by atoms with Crippen molar-refractivity contribution < 1.29 is 23.0 Å². The first-order valence-corrected chi connectivity index (χ1v) is 7.24.